The minimum atomic E-state index is -0.572. The fraction of sp³-hybridized carbons (Fsp3) is 0.438. The van der Waals surface area contributed by atoms with E-state index in [1.54, 1.807) is 0 Å². The van der Waals surface area contributed by atoms with Crippen molar-refractivity contribution in [2.24, 2.45) is 5.92 Å². The zero-order chi connectivity index (χ0) is 28.5. The first-order valence-corrected chi connectivity index (χ1v) is 13.1. The number of hydrogen-bond donors (Lipinski definition) is 2. The van der Waals surface area contributed by atoms with Crippen molar-refractivity contribution < 1.29 is 19.1 Å². The lowest BCUT2D eigenvalue weighted by molar-refractivity contribution is 0.118. The predicted octanol–water partition coefficient (Wildman–Crippen LogP) is 7.79. The van der Waals surface area contributed by atoms with Gasteiger partial charge in [-0.1, -0.05) is 79.8 Å². The molecule has 0 aliphatic carbocycles. The summed E-state index contributed by atoms with van der Waals surface area (Å²) in [6.07, 6.45) is 0.431. The molecule has 2 rings (SSSR count). The highest BCUT2D eigenvalue weighted by Crippen LogP contribution is 2.24. The number of rotatable bonds is 12. The zero-order valence-corrected chi connectivity index (χ0v) is 24.1. The van der Waals surface area contributed by atoms with E-state index in [0.717, 1.165) is 33.4 Å². The topological polar surface area (TPSA) is 76.7 Å². The minimum absolute atomic E-state index is 0.223. The molecule has 0 radical (unpaired) electrons. The van der Waals surface area contributed by atoms with E-state index < -0.39 is 23.3 Å². The van der Waals surface area contributed by atoms with Gasteiger partial charge >= 0.3 is 12.2 Å². The van der Waals surface area contributed by atoms with Gasteiger partial charge < -0.3 is 20.1 Å². The van der Waals surface area contributed by atoms with Crippen LogP contribution in [0.1, 0.15) is 83.6 Å². The lowest BCUT2D eigenvalue weighted by Gasteiger charge is -2.27. The predicted molar refractivity (Wildman–Crippen MR) is 156 cm³/mol. The zero-order valence-electron chi connectivity index (χ0n) is 24.1. The van der Waals surface area contributed by atoms with Crippen LogP contribution in [0.3, 0.4) is 0 Å². The van der Waals surface area contributed by atoms with Crippen molar-refractivity contribution in [1.29, 1.82) is 0 Å². The third-order valence-corrected chi connectivity index (χ3v) is 6.72. The minimum Gasteiger partial charge on any atom is -0.450 e. The maximum Gasteiger partial charge on any atom is 0.407 e. The molecule has 2 N–H and O–H groups in total. The first kappa shape index (κ1) is 30.7. The van der Waals surface area contributed by atoms with E-state index in [1.807, 2.05) is 97.0 Å². The van der Waals surface area contributed by atoms with Crippen LogP contribution in [0, 0.1) is 5.92 Å². The van der Waals surface area contributed by atoms with Crippen molar-refractivity contribution >= 4 is 23.3 Å². The number of hydrogen-bond acceptors (Lipinski definition) is 4. The van der Waals surface area contributed by atoms with Gasteiger partial charge in [-0.3, -0.25) is 0 Å². The molecule has 0 aliphatic heterocycles. The van der Waals surface area contributed by atoms with Gasteiger partial charge in [-0.2, -0.15) is 0 Å². The number of carbonyl (C=O) groups excluding carboxylic acids is 2. The normalized spacial score (nSPS) is 11.6. The van der Waals surface area contributed by atoms with E-state index in [2.05, 4.69) is 23.8 Å². The third-order valence-electron chi connectivity index (χ3n) is 6.72. The Morgan fingerprint density at radius 2 is 1.03 bits per heavy atom. The Morgan fingerprint density at radius 3 is 1.32 bits per heavy atom. The number of allylic oxidation sites excluding steroid dienone is 2. The van der Waals surface area contributed by atoms with E-state index >= 15 is 0 Å². The van der Waals surface area contributed by atoms with Crippen molar-refractivity contribution in [2.75, 3.05) is 13.2 Å². The number of nitrogens with one attached hydrogen (secondary N) is 2. The molecule has 0 heterocycles. The van der Waals surface area contributed by atoms with E-state index in [0.29, 0.717) is 12.8 Å². The molecule has 0 fully saturated rings. The maximum absolute atomic E-state index is 12.4. The molecule has 206 valence electrons. The summed E-state index contributed by atoms with van der Waals surface area (Å²) in [7, 11) is 0. The van der Waals surface area contributed by atoms with E-state index in [4.69, 9.17) is 9.47 Å². The highest BCUT2D eigenvalue weighted by molar-refractivity contribution is 5.69. The van der Waals surface area contributed by atoms with Crippen LogP contribution >= 0.6 is 0 Å². The quantitative estimate of drug-likeness (QED) is 0.299. The maximum atomic E-state index is 12.4. The molecule has 0 bridgehead atoms. The molecular weight excluding hydrogens is 476 g/mol. The van der Waals surface area contributed by atoms with Crippen LogP contribution < -0.4 is 10.6 Å². The highest BCUT2D eigenvalue weighted by atomic mass is 16.6. The summed E-state index contributed by atoms with van der Waals surface area (Å²) in [5.74, 6) is 0.223. The van der Waals surface area contributed by atoms with Crippen LogP contribution in [0.2, 0.25) is 0 Å². The lowest BCUT2D eigenvalue weighted by Crippen LogP contribution is -2.41. The monoisotopic (exact) mass is 520 g/mol. The molecule has 2 aromatic rings. The van der Waals surface area contributed by atoms with Crippen molar-refractivity contribution in [3.8, 4) is 0 Å². The molecule has 0 unspecified atom stereocenters. The summed E-state index contributed by atoms with van der Waals surface area (Å²) < 4.78 is 10.8. The number of carbonyl (C=O) groups is 2. The second kappa shape index (κ2) is 13.3. The summed E-state index contributed by atoms with van der Waals surface area (Å²) in [6.45, 7) is 22.2. The molecule has 0 atom stereocenters. The molecule has 0 aliphatic rings. The molecule has 6 nitrogen and oxygen atoms in total. The van der Waals surface area contributed by atoms with Gasteiger partial charge in [-0.25, -0.2) is 9.59 Å². The van der Waals surface area contributed by atoms with Crippen LogP contribution in [0.15, 0.2) is 61.7 Å². The Hall–Kier alpha value is -3.54. The second-order valence-corrected chi connectivity index (χ2v) is 11.2. The van der Waals surface area contributed by atoms with Gasteiger partial charge in [0.05, 0.1) is 24.3 Å². The summed E-state index contributed by atoms with van der Waals surface area (Å²) in [6, 6.07) is 16.0. The Labute approximate surface area is 228 Å². The first-order valence-electron chi connectivity index (χ1n) is 13.1. The van der Waals surface area contributed by atoms with Gasteiger partial charge in [-0.15, -0.1) is 0 Å². The third kappa shape index (κ3) is 9.40. The van der Waals surface area contributed by atoms with Crippen LogP contribution in [-0.4, -0.2) is 25.4 Å². The number of amides is 2. The van der Waals surface area contributed by atoms with Gasteiger partial charge in [-0.05, 0) is 82.6 Å². The lowest BCUT2D eigenvalue weighted by atomic mass is 9.93. The van der Waals surface area contributed by atoms with Crippen molar-refractivity contribution in [3.05, 3.63) is 83.9 Å². The summed E-state index contributed by atoms with van der Waals surface area (Å²) >= 11 is 0. The summed E-state index contributed by atoms with van der Waals surface area (Å²) in [5, 5.41) is 5.86. The van der Waals surface area contributed by atoms with Crippen LogP contribution in [0.5, 0.6) is 0 Å². The average molecular weight is 521 g/mol. The van der Waals surface area contributed by atoms with Crippen molar-refractivity contribution in [1.82, 2.24) is 10.6 Å². The summed E-state index contributed by atoms with van der Waals surface area (Å²) in [4.78, 5) is 24.7. The van der Waals surface area contributed by atoms with E-state index in [-0.39, 0.29) is 19.1 Å². The standard InChI is InChI=1S/C32H44N2O4/c1-22(2)25-10-14-27(15-11-25)31(6,7)33-29(35)37-20-18-24(5)19-21-38-30(36)34-32(8,9)28-16-12-26(13-17-28)23(3)4/h10-17,24H,1,3,18-21H2,2,4-9H3,(H,33,35)(H,34,36). The van der Waals surface area contributed by atoms with E-state index in [1.165, 1.54) is 0 Å². The fourth-order valence-electron chi connectivity index (χ4n) is 3.92. The smallest absolute Gasteiger partial charge is 0.407 e. The Bertz CT molecular complexity index is 1030. The average Bonchev–Trinajstić information content (AvgIpc) is 2.83. The molecule has 6 heteroatoms. The first-order chi connectivity index (χ1) is 17.7. The van der Waals surface area contributed by atoms with E-state index in [9.17, 15) is 9.59 Å². The van der Waals surface area contributed by atoms with Gasteiger partial charge in [0.2, 0.25) is 0 Å². The van der Waals surface area contributed by atoms with Gasteiger partial charge in [0, 0.05) is 0 Å². The van der Waals surface area contributed by atoms with Crippen LogP contribution in [-0.2, 0) is 20.6 Å². The molecule has 0 spiro atoms. The Balaban J connectivity index is 1.69. The van der Waals surface area contributed by atoms with Crippen LogP contribution in [0.4, 0.5) is 9.59 Å². The molecular formula is C32H44N2O4. The SMILES string of the molecule is C=C(C)c1ccc(C(C)(C)NC(=O)OCCC(C)CCOC(=O)NC(C)(C)c2ccc(C(=C)C)cc2)cc1. The Kier molecular flexibility index (Phi) is 10.7. The fourth-order valence-corrected chi connectivity index (χ4v) is 3.92. The van der Waals surface area contributed by atoms with Crippen molar-refractivity contribution in [3.63, 3.8) is 0 Å². The molecule has 0 aromatic heterocycles. The highest BCUT2D eigenvalue weighted by Gasteiger charge is 2.25. The van der Waals surface area contributed by atoms with Crippen LogP contribution in [0.25, 0.3) is 11.1 Å². The molecule has 0 saturated heterocycles. The molecule has 2 amide bonds. The largest absolute Gasteiger partial charge is 0.450 e. The summed E-state index contributed by atoms with van der Waals surface area (Å²) in [5.41, 5.74) is 4.95. The number of alkyl carbamates (subject to hydrolysis) is 2. The van der Waals surface area contributed by atoms with Gasteiger partial charge in [0.25, 0.3) is 0 Å². The van der Waals surface area contributed by atoms with Gasteiger partial charge in [0.15, 0.2) is 0 Å². The molecule has 2 aromatic carbocycles. The van der Waals surface area contributed by atoms with Gasteiger partial charge in [0.1, 0.15) is 0 Å². The molecule has 0 saturated carbocycles. The Morgan fingerprint density at radius 1 is 0.711 bits per heavy atom. The number of benzene rings is 2. The number of ether oxygens (including phenoxy) is 2. The van der Waals surface area contributed by atoms with Crippen molar-refractivity contribution in [2.45, 2.75) is 72.4 Å². The second-order valence-electron chi connectivity index (χ2n) is 11.2. The molecule has 38 heavy (non-hydrogen) atoms.